The maximum absolute atomic E-state index is 12.5. The second-order valence-electron chi connectivity index (χ2n) is 2.95. The molecule has 1 nitrogen and oxygen atoms in total. The van der Waals surface area contributed by atoms with Crippen LogP contribution >= 0.6 is 11.8 Å². The van der Waals surface area contributed by atoms with Crippen molar-refractivity contribution in [3.8, 4) is 0 Å². The summed E-state index contributed by atoms with van der Waals surface area (Å²) in [6.45, 7) is 0.588. The number of halogens is 3. The molecule has 1 aromatic carbocycles. The second-order valence-corrected chi connectivity index (χ2v) is 4.09. The van der Waals surface area contributed by atoms with E-state index in [-0.39, 0.29) is 5.69 Å². The Balaban J connectivity index is 2.51. The zero-order valence-corrected chi connectivity index (χ0v) is 8.00. The molecule has 0 saturated carbocycles. The summed E-state index contributed by atoms with van der Waals surface area (Å²) in [6.07, 6.45) is -4.27. The molecule has 0 aliphatic carbocycles. The van der Waals surface area contributed by atoms with E-state index in [1.165, 1.54) is 17.8 Å². The predicted molar refractivity (Wildman–Crippen MR) is 50.7 cm³/mol. The van der Waals surface area contributed by atoms with Crippen molar-refractivity contribution >= 4 is 17.4 Å². The molecule has 1 N–H and O–H groups in total. The lowest BCUT2D eigenvalue weighted by Crippen LogP contribution is -2.16. The van der Waals surface area contributed by atoms with Crippen LogP contribution in [0.3, 0.4) is 0 Å². The number of alkyl halides is 3. The highest BCUT2D eigenvalue weighted by atomic mass is 32.2. The molecular formula is C9H8F3NS. The van der Waals surface area contributed by atoms with E-state index in [1.54, 1.807) is 6.07 Å². The van der Waals surface area contributed by atoms with Gasteiger partial charge in [0.25, 0.3) is 0 Å². The average molecular weight is 219 g/mol. The first-order valence-corrected chi connectivity index (χ1v) is 5.14. The monoisotopic (exact) mass is 219 g/mol. The van der Waals surface area contributed by atoms with Crippen LogP contribution in [0.25, 0.3) is 0 Å². The summed E-state index contributed by atoms with van der Waals surface area (Å²) < 4.78 is 37.6. The van der Waals surface area contributed by atoms with Crippen molar-refractivity contribution in [3.63, 3.8) is 0 Å². The van der Waals surface area contributed by atoms with E-state index in [4.69, 9.17) is 0 Å². The van der Waals surface area contributed by atoms with Gasteiger partial charge in [0.2, 0.25) is 0 Å². The highest BCUT2D eigenvalue weighted by Gasteiger charge is 2.34. The summed E-state index contributed by atoms with van der Waals surface area (Å²) in [5.74, 6) is 0.814. The minimum absolute atomic E-state index is 0.233. The number of benzene rings is 1. The summed E-state index contributed by atoms with van der Waals surface area (Å²) in [6, 6.07) is 4.26. The van der Waals surface area contributed by atoms with Gasteiger partial charge in [0.1, 0.15) is 0 Å². The number of hydrogen-bond acceptors (Lipinski definition) is 2. The molecule has 1 aliphatic heterocycles. The van der Waals surface area contributed by atoms with Gasteiger partial charge in [-0.05, 0) is 12.1 Å². The Morgan fingerprint density at radius 2 is 2.07 bits per heavy atom. The number of anilines is 1. The van der Waals surface area contributed by atoms with Crippen molar-refractivity contribution in [1.29, 1.82) is 0 Å². The third-order valence-electron chi connectivity index (χ3n) is 1.99. The Kier molecular flexibility index (Phi) is 2.34. The molecule has 5 heteroatoms. The van der Waals surface area contributed by atoms with E-state index < -0.39 is 11.7 Å². The van der Waals surface area contributed by atoms with Crippen molar-refractivity contribution in [3.05, 3.63) is 23.8 Å². The summed E-state index contributed by atoms with van der Waals surface area (Å²) in [4.78, 5) is 0.686. The SMILES string of the molecule is FC(F)(F)c1cccc2c1NCCS2. The van der Waals surface area contributed by atoms with Crippen molar-refractivity contribution in [2.75, 3.05) is 17.6 Å². The first kappa shape index (κ1) is 9.71. The lowest BCUT2D eigenvalue weighted by molar-refractivity contribution is -0.137. The summed E-state index contributed by atoms with van der Waals surface area (Å²) >= 11 is 1.46. The molecule has 0 aromatic heterocycles. The highest BCUT2D eigenvalue weighted by Crippen LogP contribution is 2.41. The lowest BCUT2D eigenvalue weighted by Gasteiger charge is -2.21. The number of nitrogens with one attached hydrogen (secondary N) is 1. The Labute approximate surface area is 83.7 Å². The van der Waals surface area contributed by atoms with Crippen LogP contribution in [-0.4, -0.2) is 12.3 Å². The van der Waals surface area contributed by atoms with Crippen LogP contribution in [0.15, 0.2) is 23.1 Å². The van der Waals surface area contributed by atoms with Gasteiger partial charge in [-0.2, -0.15) is 13.2 Å². The topological polar surface area (TPSA) is 12.0 Å². The Morgan fingerprint density at radius 1 is 1.29 bits per heavy atom. The lowest BCUT2D eigenvalue weighted by atomic mass is 10.1. The van der Waals surface area contributed by atoms with Crippen molar-refractivity contribution < 1.29 is 13.2 Å². The fourth-order valence-corrected chi connectivity index (χ4v) is 2.33. The van der Waals surface area contributed by atoms with Gasteiger partial charge in [-0.15, -0.1) is 11.8 Å². The minimum atomic E-state index is -4.27. The van der Waals surface area contributed by atoms with Gasteiger partial charge in [-0.3, -0.25) is 0 Å². The highest BCUT2D eigenvalue weighted by molar-refractivity contribution is 7.99. The molecule has 2 rings (SSSR count). The van der Waals surface area contributed by atoms with E-state index in [9.17, 15) is 13.2 Å². The fraction of sp³-hybridized carbons (Fsp3) is 0.333. The van der Waals surface area contributed by atoms with Crippen LogP contribution in [-0.2, 0) is 6.18 Å². The molecule has 0 radical (unpaired) electrons. The van der Waals surface area contributed by atoms with Gasteiger partial charge >= 0.3 is 6.18 Å². The first-order valence-electron chi connectivity index (χ1n) is 4.16. The smallest absolute Gasteiger partial charge is 0.383 e. The van der Waals surface area contributed by atoms with Crippen molar-refractivity contribution in [2.24, 2.45) is 0 Å². The third-order valence-corrected chi connectivity index (χ3v) is 3.05. The maximum atomic E-state index is 12.5. The van der Waals surface area contributed by atoms with Crippen LogP contribution in [0.5, 0.6) is 0 Å². The summed E-state index contributed by atoms with van der Waals surface area (Å²) in [7, 11) is 0. The number of fused-ring (bicyclic) bond motifs is 1. The Bertz CT molecular complexity index is 348. The minimum Gasteiger partial charge on any atom is -0.383 e. The summed E-state index contributed by atoms with van der Waals surface area (Å²) in [5, 5.41) is 2.80. The fourth-order valence-electron chi connectivity index (χ4n) is 1.41. The number of thioether (sulfide) groups is 1. The van der Waals surface area contributed by atoms with Crippen LogP contribution in [0.2, 0.25) is 0 Å². The van der Waals surface area contributed by atoms with Crippen molar-refractivity contribution in [1.82, 2.24) is 0 Å². The quantitative estimate of drug-likeness (QED) is 0.719. The van der Waals surface area contributed by atoms with Gasteiger partial charge in [0, 0.05) is 17.2 Å². The number of hydrogen-bond donors (Lipinski definition) is 1. The standard InChI is InChI=1S/C9H8F3NS/c10-9(11,12)6-2-1-3-7-8(6)13-4-5-14-7/h1-3,13H,4-5H2. The van der Waals surface area contributed by atoms with Gasteiger partial charge < -0.3 is 5.32 Å². The average Bonchev–Trinajstić information content (AvgIpc) is 2.15. The normalized spacial score (nSPS) is 15.9. The van der Waals surface area contributed by atoms with Crippen LogP contribution in [0, 0.1) is 0 Å². The zero-order chi connectivity index (χ0) is 10.2. The number of para-hydroxylation sites is 1. The molecule has 1 aliphatic rings. The van der Waals surface area contributed by atoms with E-state index in [2.05, 4.69) is 5.32 Å². The Hall–Kier alpha value is -0.840. The molecule has 0 bridgehead atoms. The molecule has 0 spiro atoms. The van der Waals surface area contributed by atoms with Crippen LogP contribution in [0.1, 0.15) is 5.56 Å². The summed E-state index contributed by atoms with van der Waals surface area (Å²) in [5.41, 5.74) is -0.335. The molecule has 0 amide bonds. The molecule has 0 saturated heterocycles. The molecule has 1 aromatic rings. The predicted octanol–water partition coefficient (Wildman–Crippen LogP) is 3.22. The Morgan fingerprint density at radius 3 is 2.79 bits per heavy atom. The molecule has 14 heavy (non-hydrogen) atoms. The van der Waals surface area contributed by atoms with E-state index in [0.717, 1.165) is 11.8 Å². The molecule has 1 heterocycles. The molecule has 0 unspecified atom stereocenters. The first-order chi connectivity index (χ1) is 6.59. The molecular weight excluding hydrogens is 211 g/mol. The molecule has 0 fully saturated rings. The van der Waals surface area contributed by atoms with Gasteiger partial charge in [0.15, 0.2) is 0 Å². The molecule has 0 atom stereocenters. The molecule has 76 valence electrons. The largest absolute Gasteiger partial charge is 0.418 e. The van der Waals surface area contributed by atoms with Crippen LogP contribution < -0.4 is 5.32 Å². The van der Waals surface area contributed by atoms with Gasteiger partial charge in [0.05, 0.1) is 11.3 Å². The van der Waals surface area contributed by atoms with Crippen LogP contribution in [0.4, 0.5) is 18.9 Å². The third kappa shape index (κ3) is 1.68. The van der Waals surface area contributed by atoms with Gasteiger partial charge in [-0.1, -0.05) is 6.07 Å². The van der Waals surface area contributed by atoms with E-state index >= 15 is 0 Å². The van der Waals surface area contributed by atoms with E-state index in [1.807, 2.05) is 0 Å². The zero-order valence-electron chi connectivity index (χ0n) is 7.19. The second kappa shape index (κ2) is 3.38. The van der Waals surface area contributed by atoms with Gasteiger partial charge in [-0.25, -0.2) is 0 Å². The van der Waals surface area contributed by atoms with E-state index in [0.29, 0.717) is 11.4 Å². The maximum Gasteiger partial charge on any atom is 0.418 e. The van der Waals surface area contributed by atoms with Crippen molar-refractivity contribution in [2.45, 2.75) is 11.1 Å². The number of rotatable bonds is 0.